The number of fused-ring (bicyclic) bond motifs is 2. The van der Waals surface area contributed by atoms with Crippen molar-refractivity contribution < 1.29 is 9.90 Å². The van der Waals surface area contributed by atoms with Gasteiger partial charge in [-0.05, 0) is 39.6 Å². The highest BCUT2D eigenvalue weighted by atomic mass is 16.3. The van der Waals surface area contributed by atoms with Crippen molar-refractivity contribution >= 4 is 27.5 Å². The van der Waals surface area contributed by atoms with Crippen LogP contribution in [0.4, 0.5) is 0 Å². The molecule has 1 atom stereocenters. The average molecular weight is 367 g/mol. The van der Waals surface area contributed by atoms with Crippen LogP contribution in [-0.4, -0.2) is 22.5 Å². The maximum atomic E-state index is 12.8. The zero-order chi connectivity index (χ0) is 19.1. The Bertz CT molecular complexity index is 1190. The van der Waals surface area contributed by atoms with Gasteiger partial charge in [0.1, 0.15) is 5.75 Å². The lowest BCUT2D eigenvalue weighted by atomic mass is 9.89. The number of aromatic hydroxyl groups is 1. The number of carbonyl (C=O) groups excluding carboxylic acids is 1. The molecule has 1 aliphatic rings. The van der Waals surface area contributed by atoms with Gasteiger partial charge in [0, 0.05) is 18.5 Å². The van der Waals surface area contributed by atoms with Gasteiger partial charge >= 0.3 is 0 Å². The minimum atomic E-state index is -0.313. The highest BCUT2D eigenvalue weighted by Crippen LogP contribution is 2.42. The van der Waals surface area contributed by atoms with Crippen molar-refractivity contribution in [3.8, 4) is 5.75 Å². The minimum Gasteiger partial charge on any atom is -0.508 e. The predicted octanol–water partition coefficient (Wildman–Crippen LogP) is 5.41. The summed E-state index contributed by atoms with van der Waals surface area (Å²) in [6.45, 7) is 0.704. The van der Waals surface area contributed by atoms with Gasteiger partial charge in [0.25, 0.3) is 0 Å². The van der Waals surface area contributed by atoms with Crippen molar-refractivity contribution in [1.82, 2.24) is 4.90 Å². The smallest absolute Gasteiger partial charge is 0.223 e. The van der Waals surface area contributed by atoms with E-state index in [2.05, 4.69) is 24.3 Å². The molecule has 3 nitrogen and oxygen atoms in total. The van der Waals surface area contributed by atoms with Gasteiger partial charge in [0.2, 0.25) is 5.91 Å². The van der Waals surface area contributed by atoms with Crippen molar-refractivity contribution in [3.63, 3.8) is 0 Å². The van der Waals surface area contributed by atoms with Crippen LogP contribution < -0.4 is 0 Å². The fourth-order valence-corrected chi connectivity index (χ4v) is 4.48. The molecule has 0 aliphatic carbocycles. The van der Waals surface area contributed by atoms with Gasteiger partial charge < -0.3 is 10.0 Å². The first-order valence-corrected chi connectivity index (χ1v) is 9.72. The standard InChI is InChI=1S/C25H21NO2/c27-22-15-14-18-8-2-4-11-20(18)24(22)25(26-16-6-13-23(26)28)21-12-5-9-17-7-1-3-10-19(17)21/h1-5,7-12,14-15,25,27H,6,13,16H2. The molecule has 1 N–H and O–H groups in total. The van der Waals surface area contributed by atoms with E-state index in [4.69, 9.17) is 0 Å². The largest absolute Gasteiger partial charge is 0.508 e. The summed E-state index contributed by atoms with van der Waals surface area (Å²) in [5, 5.41) is 15.2. The number of hydrogen-bond donors (Lipinski definition) is 1. The normalized spacial score (nSPS) is 15.4. The predicted molar refractivity (Wildman–Crippen MR) is 112 cm³/mol. The van der Waals surface area contributed by atoms with Crippen LogP contribution >= 0.6 is 0 Å². The van der Waals surface area contributed by atoms with E-state index < -0.39 is 0 Å². The minimum absolute atomic E-state index is 0.144. The van der Waals surface area contributed by atoms with Crippen LogP contribution in [0, 0.1) is 0 Å². The summed E-state index contributed by atoms with van der Waals surface area (Å²) in [4.78, 5) is 14.7. The first kappa shape index (κ1) is 16.8. The van der Waals surface area contributed by atoms with Crippen LogP contribution in [0.3, 0.4) is 0 Å². The van der Waals surface area contributed by atoms with Crippen LogP contribution in [0.25, 0.3) is 21.5 Å². The highest BCUT2D eigenvalue weighted by molar-refractivity contribution is 5.92. The van der Waals surface area contributed by atoms with E-state index in [1.807, 2.05) is 53.4 Å². The monoisotopic (exact) mass is 367 g/mol. The molecule has 1 amide bonds. The maximum Gasteiger partial charge on any atom is 0.223 e. The van der Waals surface area contributed by atoms with Gasteiger partial charge in [-0.3, -0.25) is 4.79 Å². The zero-order valence-corrected chi connectivity index (χ0v) is 15.5. The van der Waals surface area contributed by atoms with Crippen molar-refractivity contribution in [2.45, 2.75) is 18.9 Å². The molecule has 0 spiro atoms. The summed E-state index contributed by atoms with van der Waals surface area (Å²) in [7, 11) is 0. The fourth-order valence-electron chi connectivity index (χ4n) is 4.48. The van der Waals surface area contributed by atoms with Crippen LogP contribution in [-0.2, 0) is 4.79 Å². The van der Waals surface area contributed by atoms with Crippen molar-refractivity contribution in [2.75, 3.05) is 6.54 Å². The molecule has 0 saturated carbocycles. The van der Waals surface area contributed by atoms with Crippen molar-refractivity contribution in [1.29, 1.82) is 0 Å². The molecule has 1 saturated heterocycles. The number of nitrogens with zero attached hydrogens (tertiary/aromatic N) is 1. The lowest BCUT2D eigenvalue weighted by molar-refractivity contribution is -0.129. The zero-order valence-electron chi connectivity index (χ0n) is 15.5. The van der Waals surface area contributed by atoms with E-state index >= 15 is 0 Å². The molecule has 1 unspecified atom stereocenters. The Morgan fingerprint density at radius 3 is 2.21 bits per heavy atom. The SMILES string of the molecule is O=C1CCCN1C(c1cccc2ccccc12)c1c(O)ccc2ccccc12. The molecule has 28 heavy (non-hydrogen) atoms. The molecule has 1 aliphatic heterocycles. The molecular formula is C25H21NO2. The summed E-state index contributed by atoms with van der Waals surface area (Å²) in [6, 6.07) is 25.9. The molecule has 0 bridgehead atoms. The first-order valence-electron chi connectivity index (χ1n) is 9.72. The lowest BCUT2D eigenvalue weighted by Crippen LogP contribution is -2.31. The second-order valence-corrected chi connectivity index (χ2v) is 7.38. The van der Waals surface area contributed by atoms with Gasteiger partial charge in [0.15, 0.2) is 0 Å². The van der Waals surface area contributed by atoms with E-state index in [-0.39, 0.29) is 17.7 Å². The van der Waals surface area contributed by atoms with Gasteiger partial charge in [-0.2, -0.15) is 0 Å². The quantitative estimate of drug-likeness (QED) is 0.526. The van der Waals surface area contributed by atoms with Crippen LogP contribution in [0.2, 0.25) is 0 Å². The Balaban J connectivity index is 1.84. The first-order chi connectivity index (χ1) is 13.7. The van der Waals surface area contributed by atoms with Gasteiger partial charge in [0.05, 0.1) is 6.04 Å². The molecular weight excluding hydrogens is 346 g/mol. The number of carbonyl (C=O) groups is 1. The van der Waals surface area contributed by atoms with Gasteiger partial charge in [-0.15, -0.1) is 0 Å². The summed E-state index contributed by atoms with van der Waals surface area (Å²) in [5.74, 6) is 0.376. The average Bonchev–Trinajstić information content (AvgIpc) is 3.15. The Labute approximate surface area is 163 Å². The van der Waals surface area contributed by atoms with Crippen LogP contribution in [0.15, 0.2) is 78.9 Å². The van der Waals surface area contributed by atoms with Crippen LogP contribution in [0.5, 0.6) is 5.75 Å². The van der Waals surface area contributed by atoms with E-state index in [1.54, 1.807) is 6.07 Å². The lowest BCUT2D eigenvalue weighted by Gasteiger charge is -2.31. The molecule has 4 aromatic carbocycles. The Morgan fingerprint density at radius 1 is 0.786 bits per heavy atom. The fraction of sp³-hybridized carbons (Fsp3) is 0.160. The molecule has 3 heteroatoms. The van der Waals surface area contributed by atoms with E-state index in [0.717, 1.165) is 39.1 Å². The van der Waals surface area contributed by atoms with Crippen molar-refractivity contribution in [2.24, 2.45) is 0 Å². The topological polar surface area (TPSA) is 40.5 Å². The van der Waals surface area contributed by atoms with Crippen LogP contribution in [0.1, 0.15) is 30.0 Å². The number of likely N-dealkylation sites (tertiary alicyclic amines) is 1. The number of rotatable bonds is 3. The number of hydrogen-bond acceptors (Lipinski definition) is 2. The number of benzene rings is 4. The Hall–Kier alpha value is -3.33. The van der Waals surface area contributed by atoms with E-state index in [1.165, 1.54) is 0 Å². The number of phenolic OH excluding ortho intramolecular Hbond substituents is 1. The third-order valence-corrected chi connectivity index (χ3v) is 5.76. The third kappa shape index (κ3) is 2.63. The number of phenols is 1. The van der Waals surface area contributed by atoms with E-state index in [9.17, 15) is 9.90 Å². The van der Waals surface area contributed by atoms with Gasteiger partial charge in [-0.1, -0.05) is 72.8 Å². The molecule has 4 aromatic rings. The summed E-state index contributed by atoms with van der Waals surface area (Å²) < 4.78 is 0. The summed E-state index contributed by atoms with van der Waals surface area (Å²) in [6.07, 6.45) is 1.42. The van der Waals surface area contributed by atoms with Gasteiger partial charge in [-0.25, -0.2) is 0 Å². The maximum absolute atomic E-state index is 12.8. The Kier molecular flexibility index (Phi) is 4.01. The second-order valence-electron chi connectivity index (χ2n) is 7.38. The van der Waals surface area contributed by atoms with Crippen molar-refractivity contribution in [3.05, 3.63) is 90.0 Å². The molecule has 1 heterocycles. The highest BCUT2D eigenvalue weighted by Gasteiger charge is 2.33. The molecule has 1 fully saturated rings. The Morgan fingerprint density at radius 2 is 1.46 bits per heavy atom. The second kappa shape index (κ2) is 6.68. The summed E-state index contributed by atoms with van der Waals surface area (Å²) >= 11 is 0. The molecule has 0 aromatic heterocycles. The van der Waals surface area contributed by atoms with E-state index in [0.29, 0.717) is 13.0 Å². The summed E-state index contributed by atoms with van der Waals surface area (Å²) in [5.41, 5.74) is 1.87. The molecule has 0 radical (unpaired) electrons. The third-order valence-electron chi connectivity index (χ3n) is 5.76. The molecule has 138 valence electrons. The molecule has 5 rings (SSSR count). The number of amides is 1.